The number of aromatic nitrogens is 5. The molecule has 0 aliphatic rings. The number of hydrogen-bond acceptors (Lipinski definition) is 4. The van der Waals surface area contributed by atoms with Gasteiger partial charge in [0.15, 0.2) is 11.6 Å². The largest absolute Gasteiger partial charge is 0.307 e. The summed E-state index contributed by atoms with van der Waals surface area (Å²) < 4.78 is 7.11. The fourth-order valence-electron chi connectivity index (χ4n) is 8.52. The van der Waals surface area contributed by atoms with E-state index in [0.717, 1.165) is 49.7 Å². The molecule has 12 aromatic rings. The van der Waals surface area contributed by atoms with E-state index in [4.69, 9.17) is 15.0 Å². The van der Waals surface area contributed by atoms with Gasteiger partial charge in [-0.25, -0.2) is 4.98 Å². The maximum atomic E-state index is 5.43. The van der Waals surface area contributed by atoms with E-state index in [1.165, 1.54) is 41.7 Å². The number of rotatable bonds is 4. The summed E-state index contributed by atoms with van der Waals surface area (Å²) in [5.41, 5.74) is 7.39. The first kappa shape index (κ1) is 30.3. The molecule has 6 heteroatoms. The van der Waals surface area contributed by atoms with Crippen molar-refractivity contribution in [2.45, 2.75) is 0 Å². The van der Waals surface area contributed by atoms with Crippen molar-refractivity contribution in [1.29, 1.82) is 0 Å². The molecule has 0 saturated heterocycles. The highest BCUT2D eigenvalue weighted by molar-refractivity contribution is 7.26. The van der Waals surface area contributed by atoms with Gasteiger partial charge in [-0.3, -0.25) is 4.57 Å². The van der Waals surface area contributed by atoms with Crippen LogP contribution in [0.15, 0.2) is 176 Å². The highest BCUT2D eigenvalue weighted by Gasteiger charge is 2.24. The molecule has 256 valence electrons. The van der Waals surface area contributed by atoms with Crippen molar-refractivity contribution in [3.8, 4) is 34.4 Å². The van der Waals surface area contributed by atoms with Crippen molar-refractivity contribution >= 4 is 85.9 Å². The predicted molar refractivity (Wildman–Crippen MR) is 230 cm³/mol. The van der Waals surface area contributed by atoms with E-state index in [1.54, 1.807) is 11.3 Å². The molecular formula is C49H29N5S. The molecule has 0 radical (unpaired) electrons. The monoisotopic (exact) mass is 719 g/mol. The van der Waals surface area contributed by atoms with E-state index in [1.807, 2.05) is 18.2 Å². The lowest BCUT2D eigenvalue weighted by Crippen LogP contribution is -2.07. The Bertz CT molecular complexity index is 3500. The van der Waals surface area contributed by atoms with Crippen LogP contribution in [0.4, 0.5) is 0 Å². The minimum Gasteiger partial charge on any atom is -0.307 e. The number of fused-ring (bicyclic) bond motifs is 11. The summed E-state index contributed by atoms with van der Waals surface area (Å²) in [6.07, 6.45) is 0. The van der Waals surface area contributed by atoms with E-state index in [9.17, 15) is 0 Å². The fraction of sp³-hybridized carbons (Fsp3) is 0. The third-order valence-electron chi connectivity index (χ3n) is 11.0. The number of para-hydroxylation sites is 2. The van der Waals surface area contributed by atoms with Crippen molar-refractivity contribution in [2.75, 3.05) is 0 Å². The Morgan fingerprint density at radius 3 is 1.82 bits per heavy atom. The van der Waals surface area contributed by atoms with Gasteiger partial charge in [0.2, 0.25) is 5.95 Å². The van der Waals surface area contributed by atoms with E-state index in [2.05, 4.69) is 167 Å². The molecule has 0 aliphatic heterocycles. The predicted octanol–water partition coefficient (Wildman–Crippen LogP) is 12.9. The van der Waals surface area contributed by atoms with Gasteiger partial charge in [-0.2, -0.15) is 9.97 Å². The highest BCUT2D eigenvalue weighted by Crippen LogP contribution is 2.43. The van der Waals surface area contributed by atoms with Crippen molar-refractivity contribution in [3.63, 3.8) is 0 Å². The Hall–Kier alpha value is -7.15. The third-order valence-corrected chi connectivity index (χ3v) is 12.2. The Kier molecular flexibility index (Phi) is 6.44. The van der Waals surface area contributed by atoms with Crippen molar-refractivity contribution in [2.24, 2.45) is 0 Å². The summed E-state index contributed by atoms with van der Waals surface area (Å²) in [7, 11) is 0. The highest BCUT2D eigenvalue weighted by atomic mass is 32.1. The van der Waals surface area contributed by atoms with E-state index < -0.39 is 0 Å². The second-order valence-corrected chi connectivity index (χ2v) is 15.1. The SMILES string of the molecule is c1ccc(-c2nc(-c3cccc4c3sc3ccccc34)nc(-n3c4ccccc4c4ccc5c6ccccc6n(-c6ccc7ccccc7c6)c5c43)n2)cc1. The molecule has 0 atom stereocenters. The van der Waals surface area contributed by atoms with Crippen molar-refractivity contribution < 1.29 is 0 Å². The van der Waals surface area contributed by atoms with Gasteiger partial charge in [-0.15, -0.1) is 11.3 Å². The van der Waals surface area contributed by atoms with Gasteiger partial charge in [0, 0.05) is 58.5 Å². The number of hydrogen-bond donors (Lipinski definition) is 0. The Morgan fingerprint density at radius 2 is 1.02 bits per heavy atom. The lowest BCUT2D eigenvalue weighted by Gasteiger charge is -2.14. The summed E-state index contributed by atoms with van der Waals surface area (Å²) in [4.78, 5) is 16.0. The van der Waals surface area contributed by atoms with Crippen molar-refractivity contribution in [3.05, 3.63) is 176 Å². The molecule has 0 fully saturated rings. The van der Waals surface area contributed by atoms with E-state index in [-0.39, 0.29) is 0 Å². The fourth-order valence-corrected chi connectivity index (χ4v) is 9.73. The average Bonchev–Trinajstić information content (AvgIpc) is 3.92. The van der Waals surface area contributed by atoms with Crippen LogP contribution in [0, 0.1) is 0 Å². The van der Waals surface area contributed by atoms with Gasteiger partial charge in [0.1, 0.15) is 0 Å². The standard InChI is InChI=1S/C49H29N5S/c1-2-14-31(15-3-1)47-50-48(40-21-12-20-39-36-19-8-11-24-43(36)55-46(39)40)52-49(51-47)54-42-23-10-7-18-35(42)38-28-27-37-34-17-6-9-22-41(34)53(44(37)45(38)54)33-26-25-30-13-4-5-16-32(30)29-33/h1-29H. The molecular weight excluding hydrogens is 691 g/mol. The van der Waals surface area contributed by atoms with Crippen LogP contribution in [0.3, 0.4) is 0 Å². The lowest BCUT2D eigenvalue weighted by molar-refractivity contribution is 0.954. The zero-order chi connectivity index (χ0) is 36.0. The van der Waals surface area contributed by atoms with Crippen LogP contribution in [-0.2, 0) is 0 Å². The zero-order valence-electron chi connectivity index (χ0n) is 29.4. The quantitative estimate of drug-likeness (QED) is 0.182. The Balaban J connectivity index is 1.23. The Labute approximate surface area is 319 Å². The minimum atomic E-state index is 0.580. The smallest absolute Gasteiger partial charge is 0.238 e. The van der Waals surface area contributed by atoms with Crippen LogP contribution in [0.25, 0.3) is 109 Å². The summed E-state index contributed by atoms with van der Waals surface area (Å²) in [6, 6.07) is 62.5. The van der Waals surface area contributed by atoms with Crippen LogP contribution in [0.2, 0.25) is 0 Å². The molecule has 4 heterocycles. The summed E-state index contributed by atoms with van der Waals surface area (Å²) >= 11 is 1.79. The van der Waals surface area contributed by atoms with Crippen LogP contribution >= 0.6 is 11.3 Å². The molecule has 5 nitrogen and oxygen atoms in total. The van der Waals surface area contributed by atoms with Gasteiger partial charge in [0.25, 0.3) is 0 Å². The molecule has 55 heavy (non-hydrogen) atoms. The zero-order valence-corrected chi connectivity index (χ0v) is 30.2. The lowest BCUT2D eigenvalue weighted by atomic mass is 10.1. The van der Waals surface area contributed by atoms with E-state index in [0.29, 0.717) is 17.6 Å². The normalized spacial score (nSPS) is 12.0. The molecule has 4 aromatic heterocycles. The molecule has 0 spiro atoms. The average molecular weight is 720 g/mol. The number of nitrogens with zero attached hydrogens (tertiary/aromatic N) is 5. The van der Waals surface area contributed by atoms with Crippen LogP contribution in [-0.4, -0.2) is 24.1 Å². The second kappa shape index (κ2) is 11.7. The molecule has 0 N–H and O–H groups in total. The first-order valence-electron chi connectivity index (χ1n) is 18.5. The first-order valence-corrected chi connectivity index (χ1v) is 19.3. The molecule has 12 rings (SSSR count). The van der Waals surface area contributed by atoms with Gasteiger partial charge < -0.3 is 4.57 Å². The summed E-state index contributed by atoms with van der Waals surface area (Å²) in [5.74, 6) is 1.86. The molecule has 0 unspecified atom stereocenters. The third kappa shape index (κ3) is 4.49. The maximum Gasteiger partial charge on any atom is 0.238 e. The number of thiophene rings is 1. The molecule has 8 aromatic carbocycles. The summed E-state index contributed by atoms with van der Waals surface area (Å²) in [6.45, 7) is 0. The molecule has 0 bridgehead atoms. The van der Waals surface area contributed by atoms with Crippen LogP contribution in [0.5, 0.6) is 0 Å². The molecule has 0 saturated carbocycles. The maximum absolute atomic E-state index is 5.43. The van der Waals surface area contributed by atoms with Crippen LogP contribution < -0.4 is 0 Å². The first-order chi connectivity index (χ1) is 27.3. The van der Waals surface area contributed by atoms with Gasteiger partial charge in [0.05, 0.1) is 22.1 Å². The second-order valence-electron chi connectivity index (χ2n) is 14.0. The van der Waals surface area contributed by atoms with Gasteiger partial charge >= 0.3 is 0 Å². The van der Waals surface area contributed by atoms with Crippen LogP contribution in [0.1, 0.15) is 0 Å². The Morgan fingerprint density at radius 1 is 0.400 bits per heavy atom. The minimum absolute atomic E-state index is 0.580. The van der Waals surface area contributed by atoms with E-state index >= 15 is 0 Å². The summed E-state index contributed by atoms with van der Waals surface area (Å²) in [5, 5.41) is 9.52. The van der Waals surface area contributed by atoms with Crippen molar-refractivity contribution in [1.82, 2.24) is 24.1 Å². The van der Waals surface area contributed by atoms with Gasteiger partial charge in [-0.1, -0.05) is 140 Å². The molecule has 0 aliphatic carbocycles. The molecule has 0 amide bonds. The topological polar surface area (TPSA) is 48.5 Å². The van der Waals surface area contributed by atoms with Gasteiger partial charge in [-0.05, 0) is 47.2 Å². The number of benzene rings is 8.